The first kappa shape index (κ1) is 32.1. The van der Waals surface area contributed by atoms with Crippen LogP contribution in [0, 0.1) is 0 Å². The monoisotopic (exact) mass is 606 g/mol. The zero-order chi connectivity index (χ0) is 31.0. The smallest absolute Gasteiger partial charge is 0.303 e. The van der Waals surface area contributed by atoms with Gasteiger partial charge >= 0.3 is 10.2 Å². The minimum absolute atomic E-state index is 0.152. The van der Waals surface area contributed by atoms with E-state index in [2.05, 4.69) is 39.1 Å². The molecule has 0 saturated heterocycles. The quantitative estimate of drug-likeness (QED) is 0.344. The van der Waals surface area contributed by atoms with Crippen LogP contribution in [0.3, 0.4) is 0 Å². The number of aromatic nitrogens is 1. The Kier molecular flexibility index (Phi) is 10.9. The summed E-state index contributed by atoms with van der Waals surface area (Å²) in [7, 11) is 0.720. The van der Waals surface area contributed by atoms with E-state index in [-0.39, 0.29) is 17.9 Å². The number of hydrogen-bond acceptors (Lipinski definition) is 6. The molecule has 2 aromatic carbocycles. The van der Waals surface area contributed by atoms with Crippen molar-refractivity contribution >= 4 is 27.7 Å². The molecule has 0 spiro atoms. The van der Waals surface area contributed by atoms with Crippen molar-refractivity contribution in [1.29, 1.82) is 0 Å². The fourth-order valence-electron chi connectivity index (χ4n) is 5.06. The molecule has 0 unspecified atom stereocenters. The first-order valence-corrected chi connectivity index (χ1v) is 16.0. The molecule has 3 aromatic rings. The summed E-state index contributed by atoms with van der Waals surface area (Å²) in [5.74, 6) is -0.451. The Morgan fingerprint density at radius 3 is 2.49 bits per heavy atom. The van der Waals surface area contributed by atoms with Crippen LogP contribution in [0.15, 0.2) is 67.0 Å². The highest BCUT2D eigenvalue weighted by Crippen LogP contribution is 2.24. The normalized spacial score (nSPS) is 16.6. The highest BCUT2D eigenvalue weighted by Gasteiger charge is 2.24. The van der Waals surface area contributed by atoms with Crippen molar-refractivity contribution in [3.8, 4) is 0 Å². The zero-order valence-electron chi connectivity index (χ0n) is 25.3. The van der Waals surface area contributed by atoms with Crippen molar-refractivity contribution < 1.29 is 18.0 Å². The lowest BCUT2D eigenvalue weighted by Crippen LogP contribution is -2.49. The van der Waals surface area contributed by atoms with Gasteiger partial charge in [-0.15, -0.1) is 0 Å². The van der Waals surface area contributed by atoms with Gasteiger partial charge < -0.3 is 16.0 Å². The van der Waals surface area contributed by atoms with Gasteiger partial charge in [-0.25, -0.2) is 0 Å². The van der Waals surface area contributed by atoms with Crippen LogP contribution in [-0.4, -0.2) is 69.3 Å². The van der Waals surface area contributed by atoms with Crippen molar-refractivity contribution in [1.82, 2.24) is 25.2 Å². The topological polar surface area (TPSA) is 124 Å². The summed E-state index contributed by atoms with van der Waals surface area (Å²) in [6, 6.07) is 16.6. The van der Waals surface area contributed by atoms with E-state index in [1.54, 1.807) is 25.4 Å². The Morgan fingerprint density at radius 1 is 1.02 bits per heavy atom. The summed E-state index contributed by atoms with van der Waals surface area (Å²) in [4.78, 5) is 30.5. The number of hydrogen-bond donors (Lipinski definition) is 3. The van der Waals surface area contributed by atoms with Crippen LogP contribution >= 0.6 is 0 Å². The molecule has 4 rings (SSSR count). The number of aryl methyl sites for hydroxylation is 2. The highest BCUT2D eigenvalue weighted by atomic mass is 32.2. The van der Waals surface area contributed by atoms with Crippen LogP contribution in [0.2, 0.25) is 0 Å². The van der Waals surface area contributed by atoms with E-state index < -0.39 is 16.3 Å². The molecule has 0 aliphatic carbocycles. The van der Waals surface area contributed by atoms with Crippen LogP contribution < -0.4 is 20.3 Å². The van der Waals surface area contributed by atoms with E-state index in [4.69, 9.17) is 0 Å². The average molecular weight is 607 g/mol. The van der Waals surface area contributed by atoms with Gasteiger partial charge in [0.05, 0.1) is 11.7 Å². The maximum absolute atomic E-state index is 13.7. The first-order chi connectivity index (χ1) is 20.5. The summed E-state index contributed by atoms with van der Waals surface area (Å²) < 4.78 is 28.1. The molecule has 1 aliphatic rings. The summed E-state index contributed by atoms with van der Waals surface area (Å²) in [5, 5.41) is 9.36. The first-order valence-electron chi connectivity index (χ1n) is 14.6. The van der Waals surface area contributed by atoms with Gasteiger partial charge in [0.25, 0.3) is 5.91 Å². The Morgan fingerprint density at radius 2 is 1.77 bits per heavy atom. The number of pyridine rings is 1. The van der Waals surface area contributed by atoms with E-state index in [0.29, 0.717) is 30.8 Å². The fourth-order valence-corrected chi connectivity index (χ4v) is 5.93. The summed E-state index contributed by atoms with van der Waals surface area (Å²) in [6.07, 6.45) is 7.50. The van der Waals surface area contributed by atoms with E-state index in [1.165, 1.54) is 31.0 Å². The maximum Gasteiger partial charge on any atom is 0.303 e. The summed E-state index contributed by atoms with van der Waals surface area (Å²) >= 11 is 0. The molecule has 230 valence electrons. The molecular weight excluding hydrogens is 564 g/mol. The molecule has 4 bridgehead atoms. The molecule has 2 heterocycles. The number of nitrogens with zero attached hydrogens (tertiary/aromatic N) is 3. The van der Waals surface area contributed by atoms with E-state index in [1.807, 2.05) is 30.3 Å². The number of carbonyl (C=O) groups excluding carboxylic acids is 2. The summed E-state index contributed by atoms with van der Waals surface area (Å²) in [6.45, 7) is 2.53. The number of nitrogens with one attached hydrogen (secondary N) is 3. The Balaban J connectivity index is 1.55. The molecule has 2 amide bonds. The van der Waals surface area contributed by atoms with E-state index in [9.17, 15) is 18.0 Å². The SMILES string of the molecule is C[C@H](NC[C@@H]1Cc2cccc(c2)CCCCc2cc(cc(N(C)S(=O)(=O)N(C)C)c2)C(=O)N1)C(=O)NCc1cccnc1. The maximum atomic E-state index is 13.7. The number of benzene rings is 2. The van der Waals surface area contributed by atoms with Crippen molar-refractivity contribution in [2.45, 2.75) is 57.7 Å². The minimum atomic E-state index is -3.74. The van der Waals surface area contributed by atoms with Gasteiger partial charge in [-0.05, 0) is 85.5 Å². The molecule has 10 nitrogen and oxygen atoms in total. The molecule has 0 fully saturated rings. The van der Waals surface area contributed by atoms with Crippen LogP contribution in [0.4, 0.5) is 5.69 Å². The third-order valence-electron chi connectivity index (χ3n) is 7.65. The Bertz CT molecular complexity index is 1510. The standard InChI is InChI=1S/C32H42N6O4S/c1-23(31(39)35-21-27-13-8-14-33-20-27)34-22-29-17-25-12-7-11-24(15-25)9-5-6-10-26-16-28(32(40)36-29)19-30(18-26)38(4)43(41,42)37(2)3/h7-8,11-16,18-20,23,29,34H,5-6,9-10,17,21-22H2,1-4H3,(H,35,39)(H,36,40)/t23-,29-/m0/s1. The van der Waals surface area contributed by atoms with E-state index >= 15 is 0 Å². The van der Waals surface area contributed by atoms with Crippen molar-refractivity contribution in [3.05, 3.63) is 94.8 Å². The predicted octanol–water partition coefficient (Wildman–Crippen LogP) is 2.84. The molecule has 2 atom stereocenters. The molecule has 1 aromatic heterocycles. The zero-order valence-corrected chi connectivity index (χ0v) is 26.2. The third kappa shape index (κ3) is 8.85. The highest BCUT2D eigenvalue weighted by molar-refractivity contribution is 7.90. The number of fused-ring (bicyclic) bond motifs is 4. The minimum Gasteiger partial charge on any atom is -0.351 e. The molecular formula is C32H42N6O4S. The van der Waals surface area contributed by atoms with Crippen molar-refractivity contribution in [2.75, 3.05) is 32.0 Å². The molecule has 3 N–H and O–H groups in total. The predicted molar refractivity (Wildman–Crippen MR) is 169 cm³/mol. The van der Waals surface area contributed by atoms with Gasteiger partial charge in [0.15, 0.2) is 0 Å². The Labute approximate surface area is 255 Å². The molecule has 1 aliphatic heterocycles. The molecule has 0 radical (unpaired) electrons. The van der Waals surface area contributed by atoms with Crippen LogP contribution in [0.1, 0.15) is 52.4 Å². The number of amides is 2. The van der Waals surface area contributed by atoms with Crippen molar-refractivity contribution in [3.63, 3.8) is 0 Å². The van der Waals surface area contributed by atoms with Gasteiger partial charge in [0, 0.05) is 58.2 Å². The lowest BCUT2D eigenvalue weighted by atomic mass is 9.97. The second-order valence-electron chi connectivity index (χ2n) is 11.3. The fraction of sp³-hybridized carbons (Fsp3) is 0.406. The lowest BCUT2D eigenvalue weighted by molar-refractivity contribution is -0.122. The van der Waals surface area contributed by atoms with Gasteiger partial charge in [-0.1, -0.05) is 30.3 Å². The number of carbonyl (C=O) groups is 2. The molecule has 11 heteroatoms. The van der Waals surface area contributed by atoms with E-state index in [0.717, 1.165) is 46.7 Å². The second-order valence-corrected chi connectivity index (χ2v) is 13.4. The second kappa shape index (κ2) is 14.6. The Hall–Kier alpha value is -3.80. The van der Waals surface area contributed by atoms with Gasteiger partial charge in [-0.3, -0.25) is 18.9 Å². The number of rotatable bonds is 9. The van der Waals surface area contributed by atoms with Crippen LogP contribution in [0.5, 0.6) is 0 Å². The van der Waals surface area contributed by atoms with Gasteiger partial charge in [-0.2, -0.15) is 12.7 Å². The van der Waals surface area contributed by atoms with Gasteiger partial charge in [0.2, 0.25) is 5.91 Å². The van der Waals surface area contributed by atoms with Crippen LogP contribution in [-0.2, 0) is 40.8 Å². The van der Waals surface area contributed by atoms with Crippen molar-refractivity contribution in [2.24, 2.45) is 0 Å². The van der Waals surface area contributed by atoms with Crippen LogP contribution in [0.25, 0.3) is 0 Å². The third-order valence-corrected chi connectivity index (χ3v) is 9.48. The molecule has 43 heavy (non-hydrogen) atoms. The van der Waals surface area contributed by atoms with Gasteiger partial charge in [0.1, 0.15) is 0 Å². The largest absolute Gasteiger partial charge is 0.351 e. The molecule has 0 saturated carbocycles. The summed E-state index contributed by atoms with van der Waals surface area (Å²) in [5.41, 5.74) is 4.98. The average Bonchev–Trinajstić information content (AvgIpc) is 3.00. The number of anilines is 1. The lowest BCUT2D eigenvalue weighted by Gasteiger charge is -2.25.